The molecule has 1 aliphatic rings. The van der Waals surface area contributed by atoms with Gasteiger partial charge < -0.3 is 10.1 Å². The monoisotopic (exact) mass is 303 g/mol. The van der Waals surface area contributed by atoms with E-state index in [1.807, 2.05) is 11.4 Å². The summed E-state index contributed by atoms with van der Waals surface area (Å²) in [6, 6.07) is 1.57. The van der Waals surface area contributed by atoms with Crippen LogP contribution in [-0.4, -0.2) is 39.0 Å². The Morgan fingerprint density at radius 2 is 2.37 bits per heavy atom. The summed E-state index contributed by atoms with van der Waals surface area (Å²) in [6.45, 7) is 0.384. The minimum atomic E-state index is -3.00. The molecular formula is C12H17NO4S2. The van der Waals surface area contributed by atoms with Gasteiger partial charge in [-0.15, -0.1) is 11.3 Å². The molecule has 1 saturated heterocycles. The van der Waals surface area contributed by atoms with Crippen LogP contribution < -0.4 is 5.32 Å². The first-order valence-corrected chi connectivity index (χ1v) is 8.78. The molecular weight excluding hydrogens is 286 g/mol. The molecule has 106 valence electrons. The highest BCUT2D eigenvalue weighted by Gasteiger charge is 2.26. The van der Waals surface area contributed by atoms with Gasteiger partial charge in [-0.3, -0.25) is 4.79 Å². The van der Waals surface area contributed by atoms with Crippen LogP contribution in [-0.2, 0) is 21.2 Å². The standard InChI is InChI=1S/C12H17NO4S2/c1-17-7-9-4-5-18-11(9)12(14)13-10-3-2-6-19(15,16)8-10/h4-5,10H,2-3,6-8H2,1H3,(H,13,14). The van der Waals surface area contributed by atoms with E-state index in [2.05, 4.69) is 5.32 Å². The smallest absolute Gasteiger partial charge is 0.261 e. The highest BCUT2D eigenvalue weighted by Crippen LogP contribution is 2.19. The van der Waals surface area contributed by atoms with Crippen molar-refractivity contribution >= 4 is 27.1 Å². The minimum absolute atomic E-state index is 0.0454. The van der Waals surface area contributed by atoms with Crippen molar-refractivity contribution in [2.75, 3.05) is 18.6 Å². The van der Waals surface area contributed by atoms with E-state index in [1.165, 1.54) is 11.3 Å². The molecule has 1 N–H and O–H groups in total. The summed E-state index contributed by atoms with van der Waals surface area (Å²) >= 11 is 1.34. The fourth-order valence-corrected chi connectivity index (χ4v) is 4.64. The number of rotatable bonds is 4. The maximum atomic E-state index is 12.1. The Balaban J connectivity index is 2.02. The van der Waals surface area contributed by atoms with Gasteiger partial charge in [0, 0.05) is 18.7 Å². The van der Waals surface area contributed by atoms with Crippen LogP contribution >= 0.6 is 11.3 Å². The van der Waals surface area contributed by atoms with Gasteiger partial charge in [-0.05, 0) is 24.3 Å². The molecule has 0 spiro atoms. The minimum Gasteiger partial charge on any atom is -0.380 e. The molecule has 2 heterocycles. The summed E-state index contributed by atoms with van der Waals surface area (Å²) < 4.78 is 28.1. The lowest BCUT2D eigenvalue weighted by molar-refractivity contribution is 0.0938. The lowest BCUT2D eigenvalue weighted by atomic mass is 10.2. The fourth-order valence-electron chi connectivity index (χ4n) is 2.19. The SMILES string of the molecule is COCc1ccsc1C(=O)NC1CCCS(=O)(=O)C1. The van der Waals surface area contributed by atoms with Gasteiger partial charge in [-0.25, -0.2) is 8.42 Å². The predicted octanol–water partition coefficient (Wildman–Crippen LogP) is 1.20. The number of sulfone groups is 1. The number of amides is 1. The largest absolute Gasteiger partial charge is 0.380 e. The van der Waals surface area contributed by atoms with Gasteiger partial charge in [0.15, 0.2) is 9.84 Å². The molecule has 2 rings (SSSR count). The number of nitrogens with one attached hydrogen (secondary N) is 1. The first kappa shape index (κ1) is 14.5. The van der Waals surface area contributed by atoms with E-state index in [0.717, 1.165) is 12.0 Å². The molecule has 1 amide bonds. The van der Waals surface area contributed by atoms with E-state index in [-0.39, 0.29) is 23.5 Å². The van der Waals surface area contributed by atoms with Crippen molar-refractivity contribution in [3.63, 3.8) is 0 Å². The number of methoxy groups -OCH3 is 1. The van der Waals surface area contributed by atoms with E-state index < -0.39 is 9.84 Å². The number of ether oxygens (including phenoxy) is 1. The van der Waals surface area contributed by atoms with E-state index >= 15 is 0 Å². The van der Waals surface area contributed by atoms with Gasteiger partial charge >= 0.3 is 0 Å². The molecule has 1 aromatic rings. The number of thiophene rings is 1. The van der Waals surface area contributed by atoms with Crippen molar-refractivity contribution in [3.05, 3.63) is 21.9 Å². The normalized spacial score (nSPS) is 22.1. The van der Waals surface area contributed by atoms with Crippen LogP contribution in [0.3, 0.4) is 0 Å². The zero-order valence-corrected chi connectivity index (χ0v) is 12.4. The van der Waals surface area contributed by atoms with Crippen LogP contribution in [0.4, 0.5) is 0 Å². The van der Waals surface area contributed by atoms with Crippen LogP contribution in [0, 0.1) is 0 Å². The number of carbonyl (C=O) groups excluding carboxylic acids is 1. The molecule has 0 aliphatic carbocycles. The maximum absolute atomic E-state index is 12.1. The molecule has 5 nitrogen and oxygen atoms in total. The first-order chi connectivity index (χ1) is 9.02. The Kier molecular flexibility index (Phi) is 4.59. The fraction of sp³-hybridized carbons (Fsp3) is 0.583. The molecule has 1 atom stereocenters. The van der Waals surface area contributed by atoms with Crippen LogP contribution in [0.15, 0.2) is 11.4 Å². The van der Waals surface area contributed by atoms with Gasteiger partial charge in [-0.1, -0.05) is 0 Å². The first-order valence-electron chi connectivity index (χ1n) is 6.08. The zero-order chi connectivity index (χ0) is 13.9. The molecule has 19 heavy (non-hydrogen) atoms. The highest BCUT2D eigenvalue weighted by atomic mass is 32.2. The lowest BCUT2D eigenvalue weighted by Crippen LogP contribution is -2.43. The van der Waals surface area contributed by atoms with Crippen LogP contribution in [0.1, 0.15) is 28.1 Å². The summed E-state index contributed by atoms with van der Waals surface area (Å²) in [5.74, 6) is 0.0703. The molecule has 1 aliphatic heterocycles. The Bertz CT molecular complexity index is 550. The molecule has 1 unspecified atom stereocenters. The predicted molar refractivity (Wildman–Crippen MR) is 74.2 cm³/mol. The second kappa shape index (κ2) is 6.02. The van der Waals surface area contributed by atoms with E-state index in [1.54, 1.807) is 7.11 Å². The molecule has 0 saturated carbocycles. The van der Waals surface area contributed by atoms with E-state index in [9.17, 15) is 13.2 Å². The zero-order valence-electron chi connectivity index (χ0n) is 10.7. The average molecular weight is 303 g/mol. The van der Waals surface area contributed by atoms with Crippen molar-refractivity contribution in [3.8, 4) is 0 Å². The number of carbonyl (C=O) groups is 1. The summed E-state index contributed by atoms with van der Waals surface area (Å²) in [7, 11) is -1.43. The molecule has 7 heteroatoms. The summed E-state index contributed by atoms with van der Waals surface area (Å²) in [6.07, 6.45) is 1.33. The van der Waals surface area contributed by atoms with Crippen molar-refractivity contribution in [1.29, 1.82) is 0 Å². The van der Waals surface area contributed by atoms with Crippen LogP contribution in [0.25, 0.3) is 0 Å². The summed E-state index contributed by atoms with van der Waals surface area (Å²) in [4.78, 5) is 12.7. The van der Waals surface area contributed by atoms with Crippen molar-refractivity contribution < 1.29 is 17.9 Å². The Morgan fingerprint density at radius 1 is 1.58 bits per heavy atom. The lowest BCUT2D eigenvalue weighted by Gasteiger charge is -2.22. The Labute approximate surface area is 116 Å². The van der Waals surface area contributed by atoms with Crippen molar-refractivity contribution in [2.24, 2.45) is 0 Å². The highest BCUT2D eigenvalue weighted by molar-refractivity contribution is 7.91. The third-order valence-corrected chi connectivity index (χ3v) is 5.83. The Hall–Kier alpha value is -0.920. The van der Waals surface area contributed by atoms with Gasteiger partial charge in [0.25, 0.3) is 5.91 Å². The molecule has 0 radical (unpaired) electrons. The number of hydrogen-bond donors (Lipinski definition) is 1. The average Bonchev–Trinajstić information content (AvgIpc) is 2.76. The van der Waals surface area contributed by atoms with E-state index in [4.69, 9.17) is 4.74 Å². The van der Waals surface area contributed by atoms with E-state index in [0.29, 0.717) is 17.9 Å². The molecule has 0 bridgehead atoms. The summed E-state index contributed by atoms with van der Waals surface area (Å²) in [5, 5.41) is 4.65. The molecule has 1 aromatic heterocycles. The van der Waals surface area contributed by atoms with Crippen molar-refractivity contribution in [2.45, 2.75) is 25.5 Å². The number of hydrogen-bond acceptors (Lipinski definition) is 5. The van der Waals surface area contributed by atoms with Gasteiger partial charge in [0.2, 0.25) is 0 Å². The molecule has 1 fully saturated rings. The second-order valence-electron chi connectivity index (χ2n) is 4.63. The summed E-state index contributed by atoms with van der Waals surface area (Å²) in [5.41, 5.74) is 0.837. The third kappa shape index (κ3) is 3.77. The maximum Gasteiger partial charge on any atom is 0.261 e. The topological polar surface area (TPSA) is 72.5 Å². The quantitative estimate of drug-likeness (QED) is 0.907. The van der Waals surface area contributed by atoms with Gasteiger partial charge in [-0.2, -0.15) is 0 Å². The van der Waals surface area contributed by atoms with Crippen molar-refractivity contribution in [1.82, 2.24) is 5.32 Å². The second-order valence-corrected chi connectivity index (χ2v) is 7.78. The molecule has 0 aromatic carbocycles. The third-order valence-electron chi connectivity index (χ3n) is 3.05. The Morgan fingerprint density at radius 3 is 3.05 bits per heavy atom. The van der Waals surface area contributed by atoms with Gasteiger partial charge in [0.05, 0.1) is 23.0 Å². The van der Waals surface area contributed by atoms with Crippen LogP contribution in [0.5, 0.6) is 0 Å². The van der Waals surface area contributed by atoms with Gasteiger partial charge in [0.1, 0.15) is 0 Å². The van der Waals surface area contributed by atoms with Crippen LogP contribution in [0.2, 0.25) is 0 Å².